The molecule has 0 bridgehead atoms. The van der Waals surface area contributed by atoms with Crippen LogP contribution in [0.1, 0.15) is 29.2 Å². The van der Waals surface area contributed by atoms with Gasteiger partial charge in [0.1, 0.15) is 11.6 Å². The lowest BCUT2D eigenvalue weighted by Gasteiger charge is -2.32. The van der Waals surface area contributed by atoms with Gasteiger partial charge in [-0.25, -0.2) is 0 Å². The standard InChI is InChI=1S/C15H18N4O2/c16-14-7-10-19(17-14)12-5-8-18(9-6-12)15(21)11-1-3-13(20)4-2-11/h1-4,7,10,12,20H,5-6,8-9H2,(H2,16,17). The summed E-state index contributed by atoms with van der Waals surface area (Å²) in [5, 5.41) is 13.5. The van der Waals surface area contributed by atoms with Gasteiger partial charge in [-0.2, -0.15) is 5.10 Å². The van der Waals surface area contributed by atoms with Gasteiger partial charge >= 0.3 is 0 Å². The fourth-order valence-electron chi connectivity index (χ4n) is 2.68. The van der Waals surface area contributed by atoms with E-state index in [4.69, 9.17) is 5.73 Å². The highest BCUT2D eigenvalue weighted by Crippen LogP contribution is 2.23. The van der Waals surface area contributed by atoms with Gasteiger partial charge in [-0.1, -0.05) is 0 Å². The Morgan fingerprint density at radius 1 is 1.19 bits per heavy atom. The first-order valence-corrected chi connectivity index (χ1v) is 7.02. The van der Waals surface area contributed by atoms with E-state index in [1.807, 2.05) is 15.8 Å². The average Bonchev–Trinajstić information content (AvgIpc) is 2.94. The molecular weight excluding hydrogens is 268 g/mol. The number of benzene rings is 1. The van der Waals surface area contributed by atoms with E-state index in [0.29, 0.717) is 30.5 Å². The highest BCUT2D eigenvalue weighted by Gasteiger charge is 2.24. The smallest absolute Gasteiger partial charge is 0.253 e. The third-order valence-corrected chi connectivity index (χ3v) is 3.87. The zero-order valence-corrected chi connectivity index (χ0v) is 11.6. The minimum atomic E-state index is 0.00780. The number of aromatic nitrogens is 2. The third-order valence-electron chi connectivity index (χ3n) is 3.87. The van der Waals surface area contributed by atoms with Crippen molar-refractivity contribution in [3.8, 4) is 5.75 Å². The predicted octanol–water partition coefficient (Wildman–Crippen LogP) is 1.65. The van der Waals surface area contributed by atoms with Gasteiger partial charge in [0.15, 0.2) is 0 Å². The molecule has 1 aliphatic heterocycles. The Hall–Kier alpha value is -2.50. The summed E-state index contributed by atoms with van der Waals surface area (Å²) in [5.41, 5.74) is 6.24. The number of aromatic hydroxyl groups is 1. The number of nitrogen functional groups attached to an aromatic ring is 1. The minimum absolute atomic E-state index is 0.00780. The first kappa shape index (κ1) is 13.5. The average molecular weight is 286 g/mol. The fraction of sp³-hybridized carbons (Fsp3) is 0.333. The molecule has 0 radical (unpaired) electrons. The van der Waals surface area contributed by atoms with Crippen molar-refractivity contribution in [1.82, 2.24) is 14.7 Å². The van der Waals surface area contributed by atoms with Crippen molar-refractivity contribution in [2.24, 2.45) is 0 Å². The van der Waals surface area contributed by atoms with Crippen LogP contribution in [0.2, 0.25) is 0 Å². The van der Waals surface area contributed by atoms with Crippen molar-refractivity contribution >= 4 is 11.7 Å². The number of carbonyl (C=O) groups excluding carboxylic acids is 1. The Kier molecular flexibility index (Phi) is 3.51. The van der Waals surface area contributed by atoms with Crippen molar-refractivity contribution in [1.29, 1.82) is 0 Å². The third kappa shape index (κ3) is 2.84. The molecule has 0 unspecified atom stereocenters. The van der Waals surface area contributed by atoms with Gasteiger partial charge in [-0.15, -0.1) is 0 Å². The molecular formula is C15H18N4O2. The summed E-state index contributed by atoms with van der Waals surface area (Å²) in [6.07, 6.45) is 3.62. The van der Waals surface area contributed by atoms with Gasteiger partial charge < -0.3 is 15.7 Å². The highest BCUT2D eigenvalue weighted by atomic mass is 16.3. The molecule has 1 aromatic carbocycles. The lowest BCUT2D eigenvalue weighted by molar-refractivity contribution is 0.0690. The van der Waals surface area contributed by atoms with Crippen LogP contribution in [0.3, 0.4) is 0 Å². The van der Waals surface area contributed by atoms with Gasteiger partial charge in [0.25, 0.3) is 5.91 Å². The zero-order valence-electron chi connectivity index (χ0n) is 11.6. The summed E-state index contributed by atoms with van der Waals surface area (Å²) >= 11 is 0. The van der Waals surface area contributed by atoms with E-state index in [1.54, 1.807) is 18.2 Å². The Morgan fingerprint density at radius 2 is 1.86 bits per heavy atom. The Morgan fingerprint density at radius 3 is 2.43 bits per heavy atom. The number of phenolic OH excluding ortho intramolecular Hbond substituents is 1. The molecule has 6 nitrogen and oxygen atoms in total. The number of nitrogens with two attached hydrogens (primary N) is 1. The second-order valence-corrected chi connectivity index (χ2v) is 5.29. The van der Waals surface area contributed by atoms with Crippen LogP contribution in [0, 0.1) is 0 Å². The largest absolute Gasteiger partial charge is 0.508 e. The molecule has 1 amide bonds. The molecule has 0 atom stereocenters. The van der Waals surface area contributed by atoms with Gasteiger partial charge in [-0.3, -0.25) is 9.48 Å². The summed E-state index contributed by atoms with van der Waals surface area (Å²) in [6, 6.07) is 8.45. The molecule has 0 aliphatic carbocycles. The molecule has 3 N–H and O–H groups in total. The van der Waals surface area contributed by atoms with Gasteiger partial charge in [0, 0.05) is 24.8 Å². The van der Waals surface area contributed by atoms with E-state index in [2.05, 4.69) is 5.10 Å². The van der Waals surface area contributed by atoms with Crippen LogP contribution in [0.5, 0.6) is 5.75 Å². The molecule has 0 spiro atoms. The van der Waals surface area contributed by atoms with E-state index >= 15 is 0 Å². The minimum Gasteiger partial charge on any atom is -0.508 e. The van der Waals surface area contributed by atoms with Gasteiger partial charge in [0.05, 0.1) is 6.04 Å². The molecule has 3 rings (SSSR count). The Bertz CT molecular complexity index is 627. The van der Waals surface area contributed by atoms with Gasteiger partial charge in [-0.05, 0) is 43.2 Å². The van der Waals surface area contributed by atoms with Crippen LogP contribution in [0.25, 0.3) is 0 Å². The number of amides is 1. The molecule has 1 aromatic heterocycles. The van der Waals surface area contributed by atoms with Crippen LogP contribution in [0.4, 0.5) is 5.82 Å². The summed E-state index contributed by atoms with van der Waals surface area (Å²) < 4.78 is 1.89. The van der Waals surface area contributed by atoms with Crippen LogP contribution >= 0.6 is 0 Å². The molecule has 1 aliphatic rings. The number of likely N-dealkylation sites (tertiary alicyclic amines) is 1. The second-order valence-electron chi connectivity index (χ2n) is 5.29. The molecule has 1 saturated heterocycles. The number of carbonyl (C=O) groups is 1. The van der Waals surface area contributed by atoms with Crippen LogP contribution < -0.4 is 5.73 Å². The normalized spacial score (nSPS) is 16.1. The molecule has 2 aromatic rings. The summed E-state index contributed by atoms with van der Waals surface area (Å²) in [5.74, 6) is 0.701. The van der Waals surface area contributed by atoms with E-state index in [-0.39, 0.29) is 11.7 Å². The molecule has 6 heteroatoms. The summed E-state index contributed by atoms with van der Waals surface area (Å²) in [4.78, 5) is 14.2. The van der Waals surface area contributed by atoms with Gasteiger partial charge in [0.2, 0.25) is 0 Å². The monoisotopic (exact) mass is 286 g/mol. The topological polar surface area (TPSA) is 84.4 Å². The zero-order chi connectivity index (χ0) is 14.8. The molecule has 0 saturated carbocycles. The molecule has 110 valence electrons. The maximum absolute atomic E-state index is 12.4. The quantitative estimate of drug-likeness (QED) is 0.879. The maximum atomic E-state index is 12.4. The molecule has 21 heavy (non-hydrogen) atoms. The number of rotatable bonds is 2. The first-order valence-electron chi connectivity index (χ1n) is 7.02. The van der Waals surface area contributed by atoms with Crippen molar-refractivity contribution < 1.29 is 9.90 Å². The van der Waals surface area contributed by atoms with Crippen LogP contribution in [-0.4, -0.2) is 38.8 Å². The number of hydrogen-bond donors (Lipinski definition) is 2. The van der Waals surface area contributed by atoms with Crippen molar-refractivity contribution in [2.75, 3.05) is 18.8 Å². The number of piperidine rings is 1. The number of phenols is 1. The predicted molar refractivity (Wildman–Crippen MR) is 78.9 cm³/mol. The molecule has 2 heterocycles. The Balaban J connectivity index is 1.63. The fourth-order valence-corrected chi connectivity index (χ4v) is 2.68. The highest BCUT2D eigenvalue weighted by molar-refractivity contribution is 5.94. The van der Waals surface area contributed by atoms with E-state index in [0.717, 1.165) is 12.8 Å². The first-order chi connectivity index (χ1) is 10.1. The van der Waals surface area contributed by atoms with Crippen molar-refractivity contribution in [3.63, 3.8) is 0 Å². The summed E-state index contributed by atoms with van der Waals surface area (Å²) in [6.45, 7) is 1.40. The van der Waals surface area contributed by atoms with Crippen LogP contribution in [-0.2, 0) is 0 Å². The molecule has 1 fully saturated rings. The Labute approximate surface area is 122 Å². The van der Waals surface area contributed by atoms with E-state index in [1.165, 1.54) is 12.1 Å². The van der Waals surface area contributed by atoms with Crippen molar-refractivity contribution in [2.45, 2.75) is 18.9 Å². The number of hydrogen-bond acceptors (Lipinski definition) is 4. The number of nitrogens with zero attached hydrogens (tertiary/aromatic N) is 3. The number of anilines is 1. The van der Waals surface area contributed by atoms with E-state index < -0.39 is 0 Å². The second kappa shape index (κ2) is 5.47. The summed E-state index contributed by atoms with van der Waals surface area (Å²) in [7, 11) is 0. The maximum Gasteiger partial charge on any atom is 0.253 e. The van der Waals surface area contributed by atoms with Crippen LogP contribution in [0.15, 0.2) is 36.5 Å². The lowest BCUT2D eigenvalue weighted by atomic mass is 10.0. The van der Waals surface area contributed by atoms with E-state index in [9.17, 15) is 9.90 Å². The lowest BCUT2D eigenvalue weighted by Crippen LogP contribution is -2.39. The SMILES string of the molecule is Nc1ccn(C2CCN(C(=O)c3ccc(O)cc3)CC2)n1. The van der Waals surface area contributed by atoms with Crippen molar-refractivity contribution in [3.05, 3.63) is 42.1 Å².